The molecule has 0 atom stereocenters. The van der Waals surface area contributed by atoms with Gasteiger partial charge in [-0.15, -0.1) is 11.8 Å². The van der Waals surface area contributed by atoms with E-state index in [0.717, 1.165) is 49.1 Å². The van der Waals surface area contributed by atoms with Crippen LogP contribution in [0.4, 0.5) is 5.69 Å². The van der Waals surface area contributed by atoms with Crippen molar-refractivity contribution in [1.82, 2.24) is 9.80 Å². The third kappa shape index (κ3) is 5.59. The van der Waals surface area contributed by atoms with Gasteiger partial charge in [-0.2, -0.15) is 0 Å². The molecule has 1 saturated heterocycles. The van der Waals surface area contributed by atoms with Gasteiger partial charge in [0.2, 0.25) is 5.91 Å². The van der Waals surface area contributed by atoms with Crippen LogP contribution in [0.15, 0.2) is 59.5 Å². The predicted octanol–water partition coefficient (Wildman–Crippen LogP) is 3.55. The largest absolute Gasteiger partial charge is 0.324 e. The first kappa shape index (κ1) is 19.0. The van der Waals surface area contributed by atoms with Crippen LogP contribution < -0.4 is 5.32 Å². The van der Waals surface area contributed by atoms with E-state index < -0.39 is 0 Å². The lowest BCUT2D eigenvalue weighted by atomic mass is 10.2. The maximum Gasteiger partial charge on any atom is 0.238 e. The number of para-hydroxylation sites is 1. The molecule has 1 aliphatic heterocycles. The van der Waals surface area contributed by atoms with Crippen molar-refractivity contribution in [2.24, 2.45) is 0 Å². The number of hydrogen-bond donors (Lipinski definition) is 1. The second kappa shape index (κ2) is 9.76. The number of nitrogens with zero attached hydrogens (tertiary/aromatic N) is 2. The van der Waals surface area contributed by atoms with Gasteiger partial charge in [-0.05, 0) is 24.2 Å². The average molecular weight is 370 g/mol. The molecule has 0 radical (unpaired) electrons. The van der Waals surface area contributed by atoms with Crippen molar-refractivity contribution >= 4 is 23.4 Å². The Labute approximate surface area is 160 Å². The van der Waals surface area contributed by atoms with Crippen LogP contribution >= 0.6 is 11.8 Å². The second-order valence-electron chi connectivity index (χ2n) is 6.53. The molecule has 4 nitrogen and oxygen atoms in total. The predicted molar refractivity (Wildman–Crippen MR) is 110 cm³/mol. The van der Waals surface area contributed by atoms with Gasteiger partial charge in [0.15, 0.2) is 0 Å². The number of amides is 1. The van der Waals surface area contributed by atoms with Gasteiger partial charge < -0.3 is 10.2 Å². The van der Waals surface area contributed by atoms with Crippen LogP contribution in [0.25, 0.3) is 0 Å². The van der Waals surface area contributed by atoms with E-state index in [1.807, 2.05) is 24.3 Å². The molecule has 0 unspecified atom stereocenters. The van der Waals surface area contributed by atoms with Crippen LogP contribution in [0, 0.1) is 0 Å². The summed E-state index contributed by atoms with van der Waals surface area (Å²) in [7, 11) is 0. The normalized spacial score (nSPS) is 15.7. The highest BCUT2D eigenvalue weighted by molar-refractivity contribution is 7.98. The Balaban J connectivity index is 1.53. The number of anilines is 1. The first-order valence-corrected chi connectivity index (χ1v) is 10.2. The summed E-state index contributed by atoms with van der Waals surface area (Å²) in [6, 6.07) is 18.5. The van der Waals surface area contributed by atoms with Crippen LogP contribution in [0.5, 0.6) is 0 Å². The molecule has 0 aromatic heterocycles. The number of benzene rings is 2. The molecule has 1 N–H and O–H groups in total. The Hall–Kier alpha value is -1.82. The number of rotatable bonds is 7. The molecule has 0 saturated carbocycles. The van der Waals surface area contributed by atoms with Crippen molar-refractivity contribution in [2.75, 3.05) is 44.6 Å². The van der Waals surface area contributed by atoms with Crippen LogP contribution in [0.3, 0.4) is 0 Å². The minimum atomic E-state index is 0.0720. The number of thioether (sulfide) groups is 1. The summed E-state index contributed by atoms with van der Waals surface area (Å²) in [6.07, 6.45) is 0. The Morgan fingerprint density at radius 2 is 1.62 bits per heavy atom. The Morgan fingerprint density at radius 1 is 0.962 bits per heavy atom. The van der Waals surface area contributed by atoms with Gasteiger partial charge >= 0.3 is 0 Å². The van der Waals surface area contributed by atoms with Gasteiger partial charge in [0.05, 0.1) is 12.2 Å². The van der Waals surface area contributed by atoms with Crippen molar-refractivity contribution in [3.05, 3.63) is 60.2 Å². The van der Waals surface area contributed by atoms with Crippen LogP contribution in [-0.4, -0.2) is 55.0 Å². The lowest BCUT2D eigenvalue weighted by Crippen LogP contribution is -2.48. The molecule has 138 valence electrons. The fraction of sp³-hybridized carbons (Fsp3) is 0.381. The maximum absolute atomic E-state index is 12.5. The molecule has 1 fully saturated rings. The molecule has 1 amide bonds. The van der Waals surface area contributed by atoms with Crippen molar-refractivity contribution in [2.45, 2.75) is 17.6 Å². The summed E-state index contributed by atoms with van der Waals surface area (Å²) in [4.78, 5) is 18.3. The van der Waals surface area contributed by atoms with E-state index in [9.17, 15) is 4.79 Å². The quantitative estimate of drug-likeness (QED) is 0.757. The number of piperazine rings is 1. The lowest BCUT2D eigenvalue weighted by molar-refractivity contribution is -0.117. The highest BCUT2D eigenvalue weighted by Gasteiger charge is 2.18. The van der Waals surface area contributed by atoms with Gasteiger partial charge in [0, 0.05) is 36.8 Å². The number of carbonyl (C=O) groups is 1. The fourth-order valence-corrected chi connectivity index (χ4v) is 4.05. The topological polar surface area (TPSA) is 35.6 Å². The fourth-order valence-electron chi connectivity index (χ4n) is 3.09. The van der Waals surface area contributed by atoms with Gasteiger partial charge in [-0.3, -0.25) is 9.69 Å². The summed E-state index contributed by atoms with van der Waals surface area (Å²) in [5, 5.41) is 3.10. The number of likely N-dealkylation sites (N-methyl/N-ethyl adjacent to an activating group) is 1. The van der Waals surface area contributed by atoms with Gasteiger partial charge in [0.25, 0.3) is 0 Å². The smallest absolute Gasteiger partial charge is 0.238 e. The molecule has 26 heavy (non-hydrogen) atoms. The molecule has 2 aromatic carbocycles. The number of hydrogen-bond acceptors (Lipinski definition) is 4. The van der Waals surface area contributed by atoms with E-state index >= 15 is 0 Å². The summed E-state index contributed by atoms with van der Waals surface area (Å²) in [5.74, 6) is 0.967. The van der Waals surface area contributed by atoms with Crippen LogP contribution in [-0.2, 0) is 10.5 Å². The average Bonchev–Trinajstić information content (AvgIpc) is 2.68. The standard InChI is InChI=1S/C21H27N3OS/c1-2-23-12-14-24(15-13-23)16-21(25)22-19-10-6-7-11-20(19)26-17-18-8-4-3-5-9-18/h3-11H,2,12-17H2,1H3,(H,22,25). The molecular weight excluding hydrogens is 342 g/mol. The van der Waals surface area contributed by atoms with E-state index in [1.165, 1.54) is 5.56 Å². The monoisotopic (exact) mass is 369 g/mol. The van der Waals surface area contributed by atoms with E-state index in [0.29, 0.717) is 6.54 Å². The zero-order valence-electron chi connectivity index (χ0n) is 15.4. The zero-order chi connectivity index (χ0) is 18.2. The Morgan fingerprint density at radius 3 is 2.35 bits per heavy atom. The van der Waals surface area contributed by atoms with Crippen LogP contribution in [0.1, 0.15) is 12.5 Å². The van der Waals surface area contributed by atoms with Crippen molar-refractivity contribution in [1.29, 1.82) is 0 Å². The van der Waals surface area contributed by atoms with Gasteiger partial charge in [-0.25, -0.2) is 0 Å². The first-order chi connectivity index (χ1) is 12.7. The summed E-state index contributed by atoms with van der Waals surface area (Å²) in [6.45, 7) is 7.77. The van der Waals surface area contributed by atoms with Crippen LogP contribution in [0.2, 0.25) is 0 Å². The Kier molecular flexibility index (Phi) is 7.12. The summed E-state index contributed by atoms with van der Waals surface area (Å²) >= 11 is 1.76. The number of carbonyl (C=O) groups excluding carboxylic acids is 1. The van der Waals surface area contributed by atoms with E-state index in [2.05, 4.69) is 52.4 Å². The maximum atomic E-state index is 12.5. The molecule has 0 aliphatic carbocycles. The zero-order valence-corrected chi connectivity index (χ0v) is 16.2. The molecule has 0 bridgehead atoms. The Bertz CT molecular complexity index is 699. The SMILES string of the molecule is CCN1CCN(CC(=O)Nc2ccccc2SCc2ccccc2)CC1. The molecule has 5 heteroatoms. The van der Waals surface area contributed by atoms with Gasteiger partial charge in [0.1, 0.15) is 0 Å². The highest BCUT2D eigenvalue weighted by Crippen LogP contribution is 2.29. The molecule has 1 aliphatic rings. The van der Waals surface area contributed by atoms with Crippen molar-refractivity contribution < 1.29 is 4.79 Å². The third-order valence-electron chi connectivity index (χ3n) is 4.68. The molecule has 3 rings (SSSR count). The lowest BCUT2D eigenvalue weighted by Gasteiger charge is -2.33. The van der Waals surface area contributed by atoms with E-state index in [1.54, 1.807) is 11.8 Å². The summed E-state index contributed by atoms with van der Waals surface area (Å²) in [5.41, 5.74) is 2.19. The van der Waals surface area contributed by atoms with E-state index in [-0.39, 0.29) is 5.91 Å². The molecular formula is C21H27N3OS. The van der Waals surface area contributed by atoms with Crippen molar-refractivity contribution in [3.63, 3.8) is 0 Å². The molecule has 0 spiro atoms. The minimum Gasteiger partial charge on any atom is -0.324 e. The third-order valence-corrected chi connectivity index (χ3v) is 5.82. The summed E-state index contributed by atoms with van der Waals surface area (Å²) < 4.78 is 0. The first-order valence-electron chi connectivity index (χ1n) is 9.25. The molecule has 2 aromatic rings. The van der Waals surface area contributed by atoms with E-state index in [4.69, 9.17) is 0 Å². The van der Waals surface area contributed by atoms with Crippen molar-refractivity contribution in [3.8, 4) is 0 Å². The minimum absolute atomic E-state index is 0.0720. The van der Waals surface area contributed by atoms with Gasteiger partial charge in [-0.1, -0.05) is 49.4 Å². The molecule has 1 heterocycles. The second-order valence-corrected chi connectivity index (χ2v) is 7.55. The number of nitrogens with one attached hydrogen (secondary N) is 1. The highest BCUT2D eigenvalue weighted by atomic mass is 32.2.